The van der Waals surface area contributed by atoms with Crippen LogP contribution in [-0.4, -0.2) is 25.6 Å². The molecular formula is C21H22N4O2S. The first-order chi connectivity index (χ1) is 13.5. The Labute approximate surface area is 167 Å². The van der Waals surface area contributed by atoms with Gasteiger partial charge in [0.2, 0.25) is 0 Å². The molecule has 4 aromatic rings. The molecular weight excluding hydrogens is 372 g/mol. The molecule has 4 rings (SSSR count). The Hall–Kier alpha value is -2.93. The number of aromatic nitrogens is 3. The topological polar surface area (TPSA) is 64.2 Å². The summed E-state index contributed by atoms with van der Waals surface area (Å²) in [5.74, 6) is 0.702. The highest BCUT2D eigenvalue weighted by molar-refractivity contribution is 7.09. The highest BCUT2D eigenvalue weighted by Crippen LogP contribution is 2.24. The average Bonchev–Trinajstić information content (AvgIpc) is 3.41. The van der Waals surface area contributed by atoms with Gasteiger partial charge in [0.25, 0.3) is 5.91 Å². The van der Waals surface area contributed by atoms with Crippen LogP contribution in [0.15, 0.2) is 52.6 Å². The Bertz CT molecular complexity index is 1050. The van der Waals surface area contributed by atoms with Crippen molar-refractivity contribution in [2.75, 3.05) is 0 Å². The van der Waals surface area contributed by atoms with Gasteiger partial charge in [-0.15, -0.1) is 11.3 Å². The molecule has 0 unspecified atom stereocenters. The largest absolute Gasteiger partial charge is 0.467 e. The zero-order chi connectivity index (χ0) is 19.7. The molecule has 0 atom stereocenters. The molecule has 0 saturated carbocycles. The summed E-state index contributed by atoms with van der Waals surface area (Å²) in [5.41, 5.74) is 2.16. The summed E-state index contributed by atoms with van der Waals surface area (Å²) in [5, 5.41) is 7.25. The average molecular weight is 395 g/mol. The third-order valence-corrected chi connectivity index (χ3v) is 5.42. The second kappa shape index (κ2) is 7.59. The predicted octanol–water partition coefficient (Wildman–Crippen LogP) is 4.82. The summed E-state index contributed by atoms with van der Waals surface area (Å²) in [6, 6.07) is 9.78. The lowest BCUT2D eigenvalue weighted by Gasteiger charge is -2.22. The van der Waals surface area contributed by atoms with Gasteiger partial charge in [0.05, 0.1) is 36.5 Å². The highest BCUT2D eigenvalue weighted by Gasteiger charge is 2.23. The maximum Gasteiger partial charge on any atom is 0.255 e. The molecule has 4 heterocycles. The van der Waals surface area contributed by atoms with E-state index >= 15 is 0 Å². The maximum absolute atomic E-state index is 13.6. The summed E-state index contributed by atoms with van der Waals surface area (Å²) < 4.78 is 7.35. The number of furan rings is 1. The van der Waals surface area contributed by atoms with Gasteiger partial charge >= 0.3 is 0 Å². The van der Waals surface area contributed by atoms with Crippen LogP contribution in [0.2, 0.25) is 0 Å². The van der Waals surface area contributed by atoms with Crippen molar-refractivity contribution in [3.05, 3.63) is 70.1 Å². The van der Waals surface area contributed by atoms with E-state index in [1.54, 1.807) is 23.8 Å². The minimum atomic E-state index is -0.0522. The van der Waals surface area contributed by atoms with Crippen LogP contribution in [0, 0.1) is 6.92 Å². The monoisotopic (exact) mass is 394 g/mol. The van der Waals surface area contributed by atoms with Crippen molar-refractivity contribution in [1.82, 2.24) is 19.7 Å². The van der Waals surface area contributed by atoms with E-state index in [0.29, 0.717) is 18.7 Å². The Kier molecular flexibility index (Phi) is 5.00. The first kappa shape index (κ1) is 18.4. The number of fused-ring (bicyclic) bond motifs is 1. The fraction of sp³-hybridized carbons (Fsp3) is 0.286. The van der Waals surface area contributed by atoms with Gasteiger partial charge in [-0.3, -0.25) is 4.79 Å². The van der Waals surface area contributed by atoms with E-state index < -0.39 is 0 Å². The molecule has 0 aromatic carbocycles. The van der Waals surface area contributed by atoms with E-state index in [0.717, 1.165) is 27.4 Å². The van der Waals surface area contributed by atoms with Crippen LogP contribution < -0.4 is 0 Å². The Morgan fingerprint density at radius 1 is 1.29 bits per heavy atom. The number of rotatable bonds is 6. The van der Waals surface area contributed by atoms with Gasteiger partial charge in [0.15, 0.2) is 5.65 Å². The zero-order valence-corrected chi connectivity index (χ0v) is 16.9. The third-order valence-electron chi connectivity index (χ3n) is 4.56. The molecule has 0 aliphatic rings. The van der Waals surface area contributed by atoms with Gasteiger partial charge in [-0.1, -0.05) is 6.07 Å². The van der Waals surface area contributed by atoms with Crippen molar-refractivity contribution >= 4 is 28.3 Å². The normalized spacial score (nSPS) is 11.4. The number of thiophene rings is 1. The van der Waals surface area contributed by atoms with Crippen LogP contribution in [0.3, 0.4) is 0 Å². The van der Waals surface area contributed by atoms with E-state index in [2.05, 4.69) is 23.9 Å². The predicted molar refractivity (Wildman–Crippen MR) is 109 cm³/mol. The summed E-state index contributed by atoms with van der Waals surface area (Å²) in [6.45, 7) is 6.95. The number of carbonyl (C=O) groups is 1. The molecule has 0 spiro atoms. The maximum atomic E-state index is 13.6. The van der Waals surface area contributed by atoms with Crippen LogP contribution >= 0.6 is 11.3 Å². The van der Waals surface area contributed by atoms with Crippen molar-refractivity contribution in [2.45, 2.75) is 39.9 Å². The molecule has 0 radical (unpaired) electrons. The number of hydrogen-bond donors (Lipinski definition) is 0. The van der Waals surface area contributed by atoms with Crippen LogP contribution in [-0.2, 0) is 13.1 Å². The van der Waals surface area contributed by atoms with Crippen molar-refractivity contribution in [3.63, 3.8) is 0 Å². The van der Waals surface area contributed by atoms with Crippen LogP contribution in [0.25, 0.3) is 11.0 Å². The SMILES string of the molecule is Cc1cc(C(=O)N(Cc2ccco2)Cc2cccs2)c2cnn(C(C)C)c2n1. The number of carbonyl (C=O) groups excluding carboxylic acids is 1. The molecule has 28 heavy (non-hydrogen) atoms. The van der Waals surface area contributed by atoms with Gasteiger partial charge in [-0.05, 0) is 50.4 Å². The summed E-state index contributed by atoms with van der Waals surface area (Å²) in [6.07, 6.45) is 3.37. The van der Waals surface area contributed by atoms with Gasteiger partial charge in [0, 0.05) is 16.6 Å². The Morgan fingerprint density at radius 3 is 2.82 bits per heavy atom. The molecule has 7 heteroatoms. The Balaban J connectivity index is 1.75. The quantitative estimate of drug-likeness (QED) is 0.470. The van der Waals surface area contributed by atoms with E-state index in [1.807, 2.05) is 52.2 Å². The van der Waals surface area contributed by atoms with Gasteiger partial charge in [0.1, 0.15) is 5.76 Å². The molecule has 0 aliphatic carbocycles. The highest BCUT2D eigenvalue weighted by atomic mass is 32.1. The van der Waals surface area contributed by atoms with Crippen molar-refractivity contribution in [2.24, 2.45) is 0 Å². The first-order valence-electron chi connectivity index (χ1n) is 9.22. The molecule has 0 bridgehead atoms. The van der Waals surface area contributed by atoms with Crippen molar-refractivity contribution in [1.29, 1.82) is 0 Å². The van der Waals surface area contributed by atoms with Crippen molar-refractivity contribution < 1.29 is 9.21 Å². The van der Waals surface area contributed by atoms with Crippen LogP contribution in [0.4, 0.5) is 0 Å². The van der Waals surface area contributed by atoms with Crippen LogP contribution in [0.5, 0.6) is 0 Å². The number of aryl methyl sites for hydroxylation is 1. The lowest BCUT2D eigenvalue weighted by atomic mass is 10.1. The van der Waals surface area contributed by atoms with E-state index in [4.69, 9.17) is 4.42 Å². The molecule has 6 nitrogen and oxygen atoms in total. The summed E-state index contributed by atoms with van der Waals surface area (Å²) >= 11 is 1.64. The molecule has 0 saturated heterocycles. The molecule has 0 fully saturated rings. The summed E-state index contributed by atoms with van der Waals surface area (Å²) in [4.78, 5) is 21.1. The second-order valence-corrected chi connectivity index (χ2v) is 8.08. The van der Waals surface area contributed by atoms with E-state index in [-0.39, 0.29) is 11.9 Å². The lowest BCUT2D eigenvalue weighted by molar-refractivity contribution is 0.0721. The first-order valence-corrected chi connectivity index (χ1v) is 10.1. The molecule has 0 aliphatic heterocycles. The number of nitrogens with zero attached hydrogens (tertiary/aromatic N) is 4. The zero-order valence-electron chi connectivity index (χ0n) is 16.1. The minimum Gasteiger partial charge on any atom is -0.467 e. The second-order valence-electron chi connectivity index (χ2n) is 7.05. The summed E-state index contributed by atoms with van der Waals surface area (Å²) in [7, 11) is 0. The number of hydrogen-bond acceptors (Lipinski definition) is 5. The number of amides is 1. The molecule has 0 N–H and O–H groups in total. The van der Waals surface area contributed by atoms with E-state index in [1.165, 1.54) is 0 Å². The Morgan fingerprint density at radius 2 is 2.14 bits per heavy atom. The smallest absolute Gasteiger partial charge is 0.255 e. The third kappa shape index (κ3) is 3.57. The lowest BCUT2D eigenvalue weighted by Crippen LogP contribution is -2.30. The van der Waals surface area contributed by atoms with Crippen molar-refractivity contribution in [3.8, 4) is 0 Å². The van der Waals surface area contributed by atoms with Crippen LogP contribution in [0.1, 0.15) is 46.6 Å². The minimum absolute atomic E-state index is 0.0522. The fourth-order valence-corrected chi connectivity index (χ4v) is 3.97. The molecule has 1 amide bonds. The number of pyridine rings is 1. The van der Waals surface area contributed by atoms with Gasteiger partial charge in [-0.2, -0.15) is 5.10 Å². The van der Waals surface area contributed by atoms with Gasteiger partial charge < -0.3 is 9.32 Å². The standard InChI is InChI=1S/C21H22N4O2S/c1-14(2)25-20-19(11-22-25)18(10-15(3)23-20)21(26)24(12-16-6-4-8-27-16)13-17-7-5-9-28-17/h4-11,14H,12-13H2,1-3H3. The molecule has 144 valence electrons. The fourth-order valence-electron chi connectivity index (χ4n) is 3.25. The van der Waals surface area contributed by atoms with E-state index in [9.17, 15) is 4.79 Å². The van der Waals surface area contributed by atoms with Gasteiger partial charge in [-0.25, -0.2) is 9.67 Å². The molecule has 4 aromatic heterocycles.